The maximum atomic E-state index is 2.45. The first-order valence-electron chi connectivity index (χ1n) is 13.1. The number of anilines is 3. The van der Waals surface area contributed by atoms with E-state index in [1.165, 1.54) is 72.6 Å². The summed E-state index contributed by atoms with van der Waals surface area (Å²) in [4.78, 5) is 2.45. The van der Waals surface area contributed by atoms with Crippen molar-refractivity contribution in [3.8, 4) is 11.1 Å². The summed E-state index contributed by atoms with van der Waals surface area (Å²) in [5, 5.41) is 0. The van der Waals surface area contributed by atoms with Gasteiger partial charge in [0, 0.05) is 11.6 Å². The van der Waals surface area contributed by atoms with Crippen LogP contribution in [0.2, 0.25) is 0 Å². The first kappa shape index (κ1) is 23.4. The summed E-state index contributed by atoms with van der Waals surface area (Å²) < 4.78 is 0. The third kappa shape index (κ3) is 4.07. The van der Waals surface area contributed by atoms with Crippen LogP contribution in [0, 0.1) is 27.7 Å². The third-order valence-corrected chi connectivity index (χ3v) is 7.68. The summed E-state index contributed by atoms with van der Waals surface area (Å²) in [6, 6.07) is 38.6. The minimum Gasteiger partial charge on any atom is -0.310 e. The number of benzene rings is 5. The average molecular weight is 477 g/mol. The second-order valence-electron chi connectivity index (χ2n) is 10.6. The molecule has 1 nitrogen and oxygen atoms in total. The van der Waals surface area contributed by atoms with Gasteiger partial charge in [-0.3, -0.25) is 0 Å². The molecule has 37 heavy (non-hydrogen) atoms. The van der Waals surface area contributed by atoms with E-state index in [0.717, 1.165) is 0 Å². The number of rotatable bonds is 3. The number of aryl methyl sites for hydroxylation is 4. The number of para-hydroxylation sites is 1. The van der Waals surface area contributed by atoms with Gasteiger partial charge in [0.2, 0.25) is 0 Å². The van der Waals surface area contributed by atoms with Crippen molar-refractivity contribution >= 4 is 30.4 Å². The largest absolute Gasteiger partial charge is 0.310 e. The Kier molecular flexibility index (Phi) is 5.76. The highest BCUT2D eigenvalue weighted by Crippen LogP contribution is 2.52. The molecule has 0 N–H and O–H groups in total. The van der Waals surface area contributed by atoms with Crippen LogP contribution in [0.1, 0.15) is 44.9 Å². The Labute approximate surface area is 221 Å². The monoisotopic (exact) mass is 477 g/mol. The predicted octanol–water partition coefficient (Wildman–Crippen LogP) is 7.81. The van der Waals surface area contributed by atoms with Crippen LogP contribution in [0.3, 0.4) is 0 Å². The highest BCUT2D eigenvalue weighted by molar-refractivity contribution is 6.32. The van der Waals surface area contributed by atoms with E-state index < -0.39 is 0 Å². The zero-order valence-corrected chi connectivity index (χ0v) is 22.3. The molecule has 0 bridgehead atoms. The first-order valence-corrected chi connectivity index (χ1v) is 13.1. The van der Waals surface area contributed by atoms with E-state index in [1.54, 1.807) is 0 Å². The standard InChI is InChI=1S/C35H32BN/c1-22-8-7-9-27(19-22)37-33-11-6-5-10-30(33)35(31-16-13-24(3)20-34(31)37)32-21-26(36)14-17-29(32)28-15-12-23(2)18-25(28)4/h5-21,35H,36H2,1-4H3. The normalized spacial score (nSPS) is 14.3. The van der Waals surface area contributed by atoms with Crippen LogP contribution < -0.4 is 10.4 Å². The highest BCUT2D eigenvalue weighted by atomic mass is 15.2. The molecule has 1 unspecified atom stereocenters. The number of nitrogens with zero attached hydrogens (tertiary/aromatic N) is 1. The minimum absolute atomic E-state index is 0.142. The van der Waals surface area contributed by atoms with Gasteiger partial charge in [0.05, 0.1) is 11.4 Å². The van der Waals surface area contributed by atoms with E-state index in [-0.39, 0.29) is 5.92 Å². The lowest BCUT2D eigenvalue weighted by Gasteiger charge is -2.39. The molecule has 6 rings (SSSR count). The lowest BCUT2D eigenvalue weighted by Crippen LogP contribution is -2.23. The maximum Gasteiger partial charge on any atom is 0.139 e. The van der Waals surface area contributed by atoms with E-state index in [1.807, 2.05) is 0 Å². The van der Waals surface area contributed by atoms with Gasteiger partial charge in [-0.1, -0.05) is 89.9 Å². The zero-order valence-electron chi connectivity index (χ0n) is 22.3. The molecule has 180 valence electrons. The summed E-state index contributed by atoms with van der Waals surface area (Å²) in [6.45, 7) is 8.76. The number of fused-ring (bicyclic) bond motifs is 2. The molecule has 0 saturated heterocycles. The van der Waals surface area contributed by atoms with Crippen molar-refractivity contribution in [2.75, 3.05) is 4.90 Å². The van der Waals surface area contributed by atoms with Crippen LogP contribution in [-0.4, -0.2) is 7.85 Å². The summed E-state index contributed by atoms with van der Waals surface area (Å²) in [6.07, 6.45) is 0. The Morgan fingerprint density at radius 1 is 0.541 bits per heavy atom. The fourth-order valence-electron chi connectivity index (χ4n) is 5.99. The summed E-state index contributed by atoms with van der Waals surface area (Å²) in [5.74, 6) is 0.142. The van der Waals surface area contributed by atoms with Crippen molar-refractivity contribution < 1.29 is 0 Å². The van der Waals surface area contributed by atoms with E-state index in [4.69, 9.17) is 0 Å². The van der Waals surface area contributed by atoms with Crippen molar-refractivity contribution in [2.45, 2.75) is 33.6 Å². The smallest absolute Gasteiger partial charge is 0.139 e. The number of hydrogen-bond acceptors (Lipinski definition) is 1. The van der Waals surface area contributed by atoms with Crippen molar-refractivity contribution in [3.63, 3.8) is 0 Å². The van der Waals surface area contributed by atoms with Crippen molar-refractivity contribution in [1.29, 1.82) is 0 Å². The lowest BCUT2D eigenvalue weighted by molar-refractivity contribution is 0.939. The van der Waals surface area contributed by atoms with Crippen LogP contribution in [0.4, 0.5) is 17.1 Å². The van der Waals surface area contributed by atoms with Gasteiger partial charge in [-0.15, -0.1) is 0 Å². The second kappa shape index (κ2) is 9.12. The lowest BCUT2D eigenvalue weighted by atomic mass is 9.75. The van der Waals surface area contributed by atoms with Gasteiger partial charge in [-0.05, 0) is 96.5 Å². The Bertz CT molecular complexity index is 1650. The van der Waals surface area contributed by atoms with Crippen LogP contribution in [0.25, 0.3) is 11.1 Å². The molecule has 1 aliphatic heterocycles. The molecule has 1 heterocycles. The molecule has 0 aliphatic carbocycles. The summed E-state index contributed by atoms with van der Waals surface area (Å²) in [7, 11) is 2.21. The quantitative estimate of drug-likeness (QED) is 0.235. The SMILES string of the molecule is Bc1ccc(-c2ccc(C)cc2C)c(C2c3ccccc3N(c3cccc(C)c3)c3cc(C)ccc32)c1. The molecular weight excluding hydrogens is 445 g/mol. The average Bonchev–Trinajstić information content (AvgIpc) is 2.87. The van der Waals surface area contributed by atoms with E-state index in [9.17, 15) is 0 Å². The molecule has 2 heteroatoms. The molecular formula is C35H32BN. The number of hydrogen-bond donors (Lipinski definition) is 0. The molecule has 0 aromatic heterocycles. The van der Waals surface area contributed by atoms with Gasteiger partial charge in [0.1, 0.15) is 7.85 Å². The van der Waals surface area contributed by atoms with E-state index in [0.29, 0.717) is 0 Å². The minimum atomic E-state index is 0.142. The molecule has 5 aromatic rings. The fraction of sp³-hybridized carbons (Fsp3) is 0.143. The van der Waals surface area contributed by atoms with Crippen molar-refractivity contribution in [2.24, 2.45) is 0 Å². The second-order valence-corrected chi connectivity index (χ2v) is 10.6. The van der Waals surface area contributed by atoms with Gasteiger partial charge >= 0.3 is 0 Å². The molecule has 0 amide bonds. The van der Waals surface area contributed by atoms with Gasteiger partial charge in [-0.2, -0.15) is 0 Å². The predicted molar refractivity (Wildman–Crippen MR) is 161 cm³/mol. The van der Waals surface area contributed by atoms with Gasteiger partial charge in [0.15, 0.2) is 0 Å². The Balaban J connectivity index is 1.66. The van der Waals surface area contributed by atoms with Crippen LogP contribution in [-0.2, 0) is 0 Å². The van der Waals surface area contributed by atoms with E-state index >= 15 is 0 Å². The molecule has 0 spiro atoms. The van der Waals surface area contributed by atoms with Crippen LogP contribution in [0.15, 0.2) is 103 Å². The van der Waals surface area contributed by atoms with Crippen molar-refractivity contribution in [3.05, 3.63) is 142 Å². The van der Waals surface area contributed by atoms with Crippen molar-refractivity contribution in [1.82, 2.24) is 0 Å². The fourth-order valence-corrected chi connectivity index (χ4v) is 5.99. The Morgan fingerprint density at radius 2 is 1.24 bits per heavy atom. The summed E-state index contributed by atoms with van der Waals surface area (Å²) in [5.41, 5.74) is 16.9. The van der Waals surface area contributed by atoms with Gasteiger partial charge < -0.3 is 4.90 Å². The topological polar surface area (TPSA) is 3.24 Å². The molecule has 1 atom stereocenters. The Hall–Kier alpha value is -4.04. The van der Waals surface area contributed by atoms with Gasteiger partial charge in [0.25, 0.3) is 0 Å². The molecule has 0 fully saturated rings. The highest BCUT2D eigenvalue weighted by Gasteiger charge is 2.33. The molecule has 5 aromatic carbocycles. The Morgan fingerprint density at radius 3 is 2.05 bits per heavy atom. The van der Waals surface area contributed by atoms with Crippen LogP contribution >= 0.6 is 0 Å². The van der Waals surface area contributed by atoms with E-state index in [2.05, 4.69) is 144 Å². The first-order chi connectivity index (χ1) is 17.9. The van der Waals surface area contributed by atoms with Crippen LogP contribution in [0.5, 0.6) is 0 Å². The molecule has 0 saturated carbocycles. The zero-order chi connectivity index (χ0) is 25.7. The maximum absolute atomic E-state index is 2.45. The molecule has 1 aliphatic rings. The third-order valence-electron chi connectivity index (χ3n) is 7.68. The summed E-state index contributed by atoms with van der Waals surface area (Å²) >= 11 is 0. The molecule has 0 radical (unpaired) electrons. The van der Waals surface area contributed by atoms with Gasteiger partial charge in [-0.25, -0.2) is 0 Å².